The van der Waals surface area contributed by atoms with Crippen LogP contribution >= 0.6 is 0 Å². The summed E-state index contributed by atoms with van der Waals surface area (Å²) in [5.74, 6) is 1.86. The van der Waals surface area contributed by atoms with Gasteiger partial charge >= 0.3 is 0 Å². The third kappa shape index (κ3) is 3.35. The molecule has 0 bridgehead atoms. The highest BCUT2D eigenvalue weighted by Crippen LogP contribution is 2.41. The number of hydrogen-bond acceptors (Lipinski definition) is 2. The van der Waals surface area contributed by atoms with E-state index in [1.807, 2.05) is 6.07 Å². The van der Waals surface area contributed by atoms with Crippen molar-refractivity contribution in [3.8, 4) is 0 Å². The molecule has 1 fully saturated rings. The fourth-order valence-electron chi connectivity index (χ4n) is 3.27. The average Bonchev–Trinajstić information content (AvgIpc) is 2.75. The first-order valence-corrected chi connectivity index (χ1v) is 6.75. The molecule has 0 spiro atoms. The van der Waals surface area contributed by atoms with Crippen LogP contribution < -0.4 is 5.32 Å². The third-order valence-electron chi connectivity index (χ3n) is 3.92. The lowest BCUT2D eigenvalue weighted by Gasteiger charge is -2.23. The lowest BCUT2D eigenvalue weighted by Crippen LogP contribution is -2.39. The zero-order chi connectivity index (χ0) is 12.5. The zero-order valence-corrected chi connectivity index (χ0v) is 11.5. The lowest BCUT2D eigenvalue weighted by atomic mass is 9.91. The summed E-state index contributed by atoms with van der Waals surface area (Å²) >= 11 is 0. The monoisotopic (exact) mass is 235 g/mol. The quantitative estimate of drug-likeness (QED) is 0.862. The molecule has 17 heavy (non-hydrogen) atoms. The first kappa shape index (κ1) is 12.7. The maximum absolute atomic E-state index is 5.40. The van der Waals surface area contributed by atoms with Gasteiger partial charge in [0.2, 0.25) is 0 Å². The van der Waals surface area contributed by atoms with Crippen molar-refractivity contribution in [3.05, 3.63) is 24.2 Å². The highest BCUT2D eigenvalue weighted by Gasteiger charge is 2.36. The molecule has 1 N–H and O–H groups in total. The second-order valence-corrected chi connectivity index (χ2v) is 6.51. The van der Waals surface area contributed by atoms with E-state index in [2.05, 4.69) is 39.1 Å². The summed E-state index contributed by atoms with van der Waals surface area (Å²) in [7, 11) is 0. The molecule has 1 heterocycles. The van der Waals surface area contributed by atoms with Gasteiger partial charge in [0.05, 0.1) is 6.26 Å². The van der Waals surface area contributed by atoms with Crippen molar-refractivity contribution >= 4 is 0 Å². The molecular weight excluding hydrogens is 210 g/mol. The Morgan fingerprint density at radius 1 is 1.47 bits per heavy atom. The molecule has 1 aliphatic carbocycles. The van der Waals surface area contributed by atoms with Gasteiger partial charge in [-0.15, -0.1) is 0 Å². The van der Waals surface area contributed by atoms with E-state index in [9.17, 15) is 0 Å². The van der Waals surface area contributed by atoms with Gasteiger partial charge in [-0.25, -0.2) is 0 Å². The van der Waals surface area contributed by atoms with Gasteiger partial charge in [0.25, 0.3) is 0 Å². The molecule has 1 aliphatic rings. The van der Waals surface area contributed by atoms with E-state index in [0.29, 0.717) is 17.5 Å². The van der Waals surface area contributed by atoms with Crippen LogP contribution in [0.15, 0.2) is 22.8 Å². The Labute approximate surface area is 105 Å². The molecule has 0 saturated heterocycles. The van der Waals surface area contributed by atoms with Crippen LogP contribution in [0, 0.1) is 11.3 Å². The second-order valence-electron chi connectivity index (χ2n) is 6.51. The summed E-state index contributed by atoms with van der Waals surface area (Å²) < 4.78 is 5.40. The molecule has 1 aromatic heterocycles. The minimum atomic E-state index is 0.488. The topological polar surface area (TPSA) is 25.2 Å². The van der Waals surface area contributed by atoms with Crippen molar-refractivity contribution in [1.29, 1.82) is 0 Å². The molecule has 96 valence electrons. The zero-order valence-electron chi connectivity index (χ0n) is 11.5. The van der Waals surface area contributed by atoms with Crippen LogP contribution in [0.3, 0.4) is 0 Å². The second kappa shape index (κ2) is 4.85. The first-order chi connectivity index (χ1) is 7.96. The van der Waals surface area contributed by atoms with Crippen molar-refractivity contribution in [2.24, 2.45) is 11.3 Å². The Morgan fingerprint density at radius 3 is 2.76 bits per heavy atom. The van der Waals surface area contributed by atoms with Crippen molar-refractivity contribution in [2.45, 2.75) is 59.0 Å². The van der Waals surface area contributed by atoms with E-state index < -0.39 is 0 Å². The SMILES string of the molecule is CC(Cc1ccco1)NC1CC(C)(C)CC1C. The normalized spacial score (nSPS) is 29.4. The van der Waals surface area contributed by atoms with Gasteiger partial charge in [0.1, 0.15) is 5.76 Å². The summed E-state index contributed by atoms with van der Waals surface area (Å²) in [5.41, 5.74) is 0.501. The molecule has 2 nitrogen and oxygen atoms in total. The van der Waals surface area contributed by atoms with Crippen LogP contribution in [0.1, 0.15) is 46.3 Å². The minimum absolute atomic E-state index is 0.488. The van der Waals surface area contributed by atoms with Crippen LogP contribution in [0.5, 0.6) is 0 Å². The maximum atomic E-state index is 5.40. The molecule has 0 aliphatic heterocycles. The third-order valence-corrected chi connectivity index (χ3v) is 3.92. The summed E-state index contributed by atoms with van der Waals surface area (Å²) in [5, 5.41) is 3.76. The first-order valence-electron chi connectivity index (χ1n) is 6.75. The van der Waals surface area contributed by atoms with Crippen LogP contribution in [-0.4, -0.2) is 12.1 Å². The van der Waals surface area contributed by atoms with Crippen LogP contribution in [-0.2, 0) is 6.42 Å². The Hall–Kier alpha value is -0.760. The van der Waals surface area contributed by atoms with Crippen molar-refractivity contribution in [3.63, 3.8) is 0 Å². The highest BCUT2D eigenvalue weighted by atomic mass is 16.3. The Morgan fingerprint density at radius 2 is 2.24 bits per heavy atom. The smallest absolute Gasteiger partial charge is 0.105 e. The van der Waals surface area contributed by atoms with E-state index in [4.69, 9.17) is 4.42 Å². The molecule has 0 radical (unpaired) electrons. The highest BCUT2D eigenvalue weighted by molar-refractivity contribution is 5.01. The summed E-state index contributed by atoms with van der Waals surface area (Å²) in [6.45, 7) is 9.37. The lowest BCUT2D eigenvalue weighted by molar-refractivity contribution is 0.349. The van der Waals surface area contributed by atoms with Gasteiger partial charge in [-0.05, 0) is 43.2 Å². The Bertz CT molecular complexity index is 342. The van der Waals surface area contributed by atoms with Crippen molar-refractivity contribution < 1.29 is 4.42 Å². The Kier molecular flexibility index (Phi) is 3.62. The predicted octanol–water partition coefficient (Wildman–Crippen LogP) is 3.62. The van der Waals surface area contributed by atoms with Crippen LogP contribution in [0.25, 0.3) is 0 Å². The molecular formula is C15H25NO. The van der Waals surface area contributed by atoms with E-state index in [1.54, 1.807) is 6.26 Å². The van der Waals surface area contributed by atoms with Gasteiger partial charge in [-0.1, -0.05) is 20.8 Å². The number of hydrogen-bond donors (Lipinski definition) is 1. The van der Waals surface area contributed by atoms with E-state index in [0.717, 1.165) is 18.1 Å². The summed E-state index contributed by atoms with van der Waals surface area (Å²) in [6, 6.07) is 5.17. The minimum Gasteiger partial charge on any atom is -0.469 e. The van der Waals surface area contributed by atoms with Gasteiger partial charge in [0, 0.05) is 18.5 Å². The molecule has 1 aromatic rings. The standard InChI is InChI=1S/C15H25NO/c1-11-9-15(3,4)10-14(11)16-12(2)8-13-6-5-7-17-13/h5-7,11-12,14,16H,8-10H2,1-4H3. The van der Waals surface area contributed by atoms with Crippen LogP contribution in [0.2, 0.25) is 0 Å². The van der Waals surface area contributed by atoms with Gasteiger partial charge in [-0.3, -0.25) is 0 Å². The van der Waals surface area contributed by atoms with Crippen molar-refractivity contribution in [1.82, 2.24) is 5.32 Å². The molecule has 0 aromatic carbocycles. The molecule has 0 amide bonds. The molecule has 2 rings (SSSR count). The number of rotatable bonds is 4. The molecule has 1 saturated carbocycles. The van der Waals surface area contributed by atoms with Crippen LogP contribution in [0.4, 0.5) is 0 Å². The number of nitrogens with one attached hydrogen (secondary N) is 1. The largest absolute Gasteiger partial charge is 0.469 e. The summed E-state index contributed by atoms with van der Waals surface area (Å²) in [6.07, 6.45) is 5.36. The number of furan rings is 1. The Balaban J connectivity index is 1.85. The van der Waals surface area contributed by atoms with Gasteiger partial charge in [-0.2, -0.15) is 0 Å². The van der Waals surface area contributed by atoms with E-state index in [-0.39, 0.29) is 0 Å². The van der Waals surface area contributed by atoms with E-state index in [1.165, 1.54) is 12.8 Å². The molecule has 3 unspecified atom stereocenters. The fourth-order valence-corrected chi connectivity index (χ4v) is 3.27. The summed E-state index contributed by atoms with van der Waals surface area (Å²) in [4.78, 5) is 0. The van der Waals surface area contributed by atoms with Crippen molar-refractivity contribution in [2.75, 3.05) is 0 Å². The molecule has 2 heteroatoms. The predicted molar refractivity (Wildman–Crippen MR) is 71.0 cm³/mol. The maximum Gasteiger partial charge on any atom is 0.105 e. The fraction of sp³-hybridized carbons (Fsp3) is 0.733. The van der Waals surface area contributed by atoms with E-state index >= 15 is 0 Å². The van der Waals surface area contributed by atoms with Gasteiger partial charge < -0.3 is 9.73 Å². The molecule has 3 atom stereocenters. The van der Waals surface area contributed by atoms with Gasteiger partial charge in [0.15, 0.2) is 0 Å². The average molecular weight is 235 g/mol.